The van der Waals surface area contributed by atoms with Crippen LogP contribution in [0.5, 0.6) is 11.5 Å². The van der Waals surface area contributed by atoms with Crippen LogP contribution in [-0.4, -0.2) is 61.6 Å². The molecule has 0 N–H and O–H groups in total. The minimum absolute atomic E-state index is 0.114. The molecule has 1 aromatic rings. The highest BCUT2D eigenvalue weighted by Gasteiger charge is 2.44. The largest absolute Gasteiger partial charge is 0.486 e. The number of fused-ring (bicyclic) bond motifs is 1. The number of piperidine rings is 1. The molecule has 2 amide bonds. The van der Waals surface area contributed by atoms with Crippen LogP contribution in [0.15, 0.2) is 18.2 Å². The van der Waals surface area contributed by atoms with Crippen LogP contribution >= 0.6 is 0 Å². The molecule has 4 rings (SSSR count). The van der Waals surface area contributed by atoms with Gasteiger partial charge < -0.3 is 14.2 Å². The molecule has 0 bridgehead atoms. The molecule has 2 atom stereocenters. The van der Waals surface area contributed by atoms with E-state index in [0.29, 0.717) is 50.1 Å². The first-order valence-corrected chi connectivity index (χ1v) is 9.75. The number of amides is 2. The van der Waals surface area contributed by atoms with Crippen LogP contribution in [0, 0.1) is 5.92 Å². The molecule has 28 heavy (non-hydrogen) atoms. The molecule has 2 fully saturated rings. The summed E-state index contributed by atoms with van der Waals surface area (Å²) in [6.45, 7) is 4.17. The Morgan fingerprint density at radius 2 is 2.00 bits per heavy atom. The van der Waals surface area contributed by atoms with E-state index in [1.807, 2.05) is 4.90 Å². The smallest absolute Gasteiger partial charge is 0.310 e. The van der Waals surface area contributed by atoms with Crippen molar-refractivity contribution in [3.8, 4) is 11.5 Å². The summed E-state index contributed by atoms with van der Waals surface area (Å²) in [5.74, 6) is 0.163. The van der Waals surface area contributed by atoms with Crippen LogP contribution in [0.4, 0.5) is 5.69 Å². The number of benzene rings is 1. The second-order valence-corrected chi connectivity index (χ2v) is 7.20. The average molecular weight is 388 g/mol. The molecule has 150 valence electrons. The number of hydrogen-bond acceptors (Lipinski definition) is 7. The molecule has 8 heteroatoms. The van der Waals surface area contributed by atoms with Crippen LogP contribution in [0.1, 0.15) is 26.2 Å². The first kappa shape index (κ1) is 18.7. The summed E-state index contributed by atoms with van der Waals surface area (Å²) >= 11 is 0. The first-order chi connectivity index (χ1) is 13.6. The summed E-state index contributed by atoms with van der Waals surface area (Å²) < 4.78 is 16.2. The number of hydrogen-bond donors (Lipinski definition) is 0. The third kappa shape index (κ3) is 3.44. The van der Waals surface area contributed by atoms with Gasteiger partial charge in [-0.3, -0.25) is 19.3 Å². The van der Waals surface area contributed by atoms with Gasteiger partial charge in [0, 0.05) is 12.6 Å². The van der Waals surface area contributed by atoms with E-state index in [1.165, 1.54) is 4.90 Å². The van der Waals surface area contributed by atoms with E-state index < -0.39 is 6.04 Å². The van der Waals surface area contributed by atoms with Crippen molar-refractivity contribution in [1.29, 1.82) is 0 Å². The van der Waals surface area contributed by atoms with Crippen molar-refractivity contribution in [2.24, 2.45) is 5.92 Å². The maximum Gasteiger partial charge on any atom is 0.310 e. The monoisotopic (exact) mass is 388 g/mol. The Kier molecular flexibility index (Phi) is 5.21. The Morgan fingerprint density at radius 3 is 2.79 bits per heavy atom. The third-order valence-corrected chi connectivity index (χ3v) is 5.42. The Labute approximate surface area is 163 Å². The Morgan fingerprint density at radius 1 is 1.21 bits per heavy atom. The number of likely N-dealkylation sites (tertiary alicyclic amines) is 1. The van der Waals surface area contributed by atoms with Crippen molar-refractivity contribution >= 4 is 23.5 Å². The van der Waals surface area contributed by atoms with E-state index in [1.54, 1.807) is 25.1 Å². The predicted octanol–water partition coefficient (Wildman–Crippen LogP) is 1.36. The SMILES string of the molecule is CCOC(=O)[C@@H]1CCCN([C@@H]2CC(=O)N(c3ccc4c(c3)OCCO4)C2=O)C1. The summed E-state index contributed by atoms with van der Waals surface area (Å²) in [5, 5.41) is 0. The second kappa shape index (κ2) is 7.79. The van der Waals surface area contributed by atoms with Crippen LogP contribution in [0.25, 0.3) is 0 Å². The average Bonchev–Trinajstić information content (AvgIpc) is 3.02. The number of carbonyl (C=O) groups excluding carboxylic acids is 3. The van der Waals surface area contributed by atoms with Crippen LogP contribution in [0.2, 0.25) is 0 Å². The van der Waals surface area contributed by atoms with Crippen LogP contribution in [-0.2, 0) is 19.1 Å². The van der Waals surface area contributed by atoms with Gasteiger partial charge >= 0.3 is 5.97 Å². The van der Waals surface area contributed by atoms with Gasteiger partial charge in [-0.2, -0.15) is 0 Å². The van der Waals surface area contributed by atoms with Crippen molar-refractivity contribution in [2.75, 3.05) is 37.8 Å². The molecule has 3 aliphatic heterocycles. The number of carbonyl (C=O) groups is 3. The van der Waals surface area contributed by atoms with Gasteiger partial charge in [-0.05, 0) is 38.4 Å². The zero-order chi connectivity index (χ0) is 19.7. The van der Waals surface area contributed by atoms with Crippen molar-refractivity contribution in [3.63, 3.8) is 0 Å². The zero-order valence-corrected chi connectivity index (χ0v) is 15.9. The fourth-order valence-electron chi connectivity index (χ4n) is 4.09. The molecule has 3 aliphatic rings. The minimum Gasteiger partial charge on any atom is -0.486 e. The van der Waals surface area contributed by atoms with Crippen molar-refractivity contribution in [3.05, 3.63) is 18.2 Å². The molecule has 0 radical (unpaired) electrons. The van der Waals surface area contributed by atoms with Crippen LogP contribution in [0.3, 0.4) is 0 Å². The Hall–Kier alpha value is -2.61. The Bertz CT molecular complexity index is 795. The Balaban J connectivity index is 1.50. The summed E-state index contributed by atoms with van der Waals surface area (Å²) in [6.07, 6.45) is 1.66. The van der Waals surface area contributed by atoms with Gasteiger partial charge in [0.25, 0.3) is 5.91 Å². The summed E-state index contributed by atoms with van der Waals surface area (Å²) in [7, 11) is 0. The summed E-state index contributed by atoms with van der Waals surface area (Å²) in [4.78, 5) is 41.0. The van der Waals surface area contributed by atoms with Gasteiger partial charge in [0.15, 0.2) is 11.5 Å². The molecule has 2 saturated heterocycles. The molecule has 0 aliphatic carbocycles. The van der Waals surface area contributed by atoms with Crippen molar-refractivity contribution < 1.29 is 28.6 Å². The molecule has 8 nitrogen and oxygen atoms in total. The van der Waals surface area contributed by atoms with Crippen molar-refractivity contribution in [2.45, 2.75) is 32.2 Å². The van der Waals surface area contributed by atoms with E-state index in [0.717, 1.165) is 12.8 Å². The highest BCUT2D eigenvalue weighted by Crippen LogP contribution is 2.36. The lowest BCUT2D eigenvalue weighted by Crippen LogP contribution is -2.48. The molecular formula is C20H24N2O6. The number of imide groups is 1. The van der Waals surface area contributed by atoms with Gasteiger partial charge in [-0.1, -0.05) is 0 Å². The summed E-state index contributed by atoms with van der Waals surface area (Å²) in [5.41, 5.74) is 0.487. The zero-order valence-electron chi connectivity index (χ0n) is 15.9. The quantitative estimate of drug-likeness (QED) is 0.569. The van der Waals surface area contributed by atoms with E-state index in [4.69, 9.17) is 14.2 Å². The van der Waals surface area contributed by atoms with E-state index in [9.17, 15) is 14.4 Å². The summed E-state index contributed by atoms with van der Waals surface area (Å²) in [6, 6.07) is 4.54. The molecule has 0 unspecified atom stereocenters. The molecule has 0 aromatic heterocycles. The fourth-order valence-corrected chi connectivity index (χ4v) is 4.09. The second-order valence-electron chi connectivity index (χ2n) is 7.20. The molecule has 0 spiro atoms. The van der Waals surface area contributed by atoms with E-state index in [2.05, 4.69) is 0 Å². The lowest BCUT2D eigenvalue weighted by molar-refractivity contribution is -0.150. The van der Waals surface area contributed by atoms with E-state index >= 15 is 0 Å². The maximum atomic E-state index is 13.1. The van der Waals surface area contributed by atoms with Gasteiger partial charge in [0.2, 0.25) is 5.91 Å². The predicted molar refractivity (Wildman–Crippen MR) is 99.3 cm³/mol. The lowest BCUT2D eigenvalue weighted by Gasteiger charge is -2.34. The standard InChI is InChI=1S/C20H24N2O6/c1-2-26-20(25)13-4-3-7-21(12-13)15-11-18(23)22(19(15)24)14-5-6-16-17(10-14)28-9-8-27-16/h5-6,10,13,15H,2-4,7-9,11-12H2,1H3/t13-,15-/m1/s1. The highest BCUT2D eigenvalue weighted by atomic mass is 16.6. The highest BCUT2D eigenvalue weighted by molar-refractivity contribution is 6.22. The number of nitrogens with zero attached hydrogens (tertiary/aromatic N) is 2. The number of ether oxygens (including phenoxy) is 3. The maximum absolute atomic E-state index is 13.1. The molecular weight excluding hydrogens is 364 g/mol. The molecule has 1 aromatic carbocycles. The number of anilines is 1. The van der Waals surface area contributed by atoms with Crippen molar-refractivity contribution in [1.82, 2.24) is 4.90 Å². The molecule has 3 heterocycles. The number of rotatable bonds is 4. The first-order valence-electron chi connectivity index (χ1n) is 9.75. The number of esters is 1. The van der Waals surface area contributed by atoms with E-state index in [-0.39, 0.29) is 30.1 Å². The minimum atomic E-state index is -0.544. The van der Waals surface area contributed by atoms with Crippen LogP contribution < -0.4 is 14.4 Å². The fraction of sp³-hybridized carbons (Fsp3) is 0.550. The lowest BCUT2D eigenvalue weighted by atomic mass is 9.96. The van der Waals surface area contributed by atoms with Gasteiger partial charge in [-0.25, -0.2) is 4.90 Å². The normalized spacial score (nSPS) is 25.1. The van der Waals surface area contributed by atoms with Gasteiger partial charge in [0.05, 0.1) is 30.7 Å². The topological polar surface area (TPSA) is 85.4 Å². The third-order valence-electron chi connectivity index (χ3n) is 5.42. The molecule has 0 saturated carbocycles. The van der Waals surface area contributed by atoms with Gasteiger partial charge in [-0.15, -0.1) is 0 Å². The van der Waals surface area contributed by atoms with Gasteiger partial charge in [0.1, 0.15) is 13.2 Å².